The molecule has 1 amide bonds. The molecule has 3 heterocycles. The summed E-state index contributed by atoms with van der Waals surface area (Å²) in [6.07, 6.45) is 12.3. The molecule has 3 aliphatic rings. The van der Waals surface area contributed by atoms with Crippen LogP contribution in [-0.2, 0) is 11.2 Å². The number of amides is 1. The molecule has 0 radical (unpaired) electrons. The minimum absolute atomic E-state index is 0.241. The Morgan fingerprint density at radius 3 is 2.86 bits per heavy atom. The Morgan fingerprint density at radius 1 is 1.23 bits per heavy atom. The average molecular weight is 299 g/mol. The second-order valence-electron chi connectivity index (χ2n) is 7.28. The summed E-state index contributed by atoms with van der Waals surface area (Å²) < 4.78 is 0. The number of hydrogen-bond donors (Lipinski definition) is 0. The monoisotopic (exact) mass is 299 g/mol. The normalized spacial score (nSPS) is 27.8. The van der Waals surface area contributed by atoms with E-state index in [2.05, 4.69) is 14.9 Å². The molecule has 1 aromatic rings. The van der Waals surface area contributed by atoms with Gasteiger partial charge in [-0.25, -0.2) is 9.97 Å². The van der Waals surface area contributed by atoms with Crippen LogP contribution in [0, 0.1) is 12.8 Å². The van der Waals surface area contributed by atoms with Gasteiger partial charge in [-0.15, -0.1) is 0 Å². The summed E-state index contributed by atoms with van der Waals surface area (Å²) >= 11 is 0. The molecule has 4 nitrogen and oxygen atoms in total. The van der Waals surface area contributed by atoms with E-state index in [0.717, 1.165) is 31.5 Å². The van der Waals surface area contributed by atoms with Crippen LogP contribution in [0.1, 0.15) is 74.5 Å². The number of carbonyl (C=O) groups is 1. The molecule has 2 aliphatic heterocycles. The molecule has 2 unspecified atom stereocenters. The van der Waals surface area contributed by atoms with E-state index in [0.29, 0.717) is 17.9 Å². The van der Waals surface area contributed by atoms with Gasteiger partial charge < -0.3 is 4.90 Å². The zero-order chi connectivity index (χ0) is 15.1. The lowest BCUT2D eigenvalue weighted by Gasteiger charge is -2.37. The predicted molar refractivity (Wildman–Crippen MR) is 84.3 cm³/mol. The Hall–Kier alpha value is -1.45. The molecule has 4 heteroatoms. The first-order chi connectivity index (χ1) is 10.7. The highest BCUT2D eigenvalue weighted by molar-refractivity contribution is 5.78. The number of aromatic nitrogens is 2. The van der Waals surface area contributed by atoms with Gasteiger partial charge in [-0.1, -0.05) is 19.3 Å². The van der Waals surface area contributed by atoms with Gasteiger partial charge in [0.25, 0.3) is 0 Å². The molecule has 1 aliphatic carbocycles. The van der Waals surface area contributed by atoms with Crippen molar-refractivity contribution in [2.45, 2.75) is 76.8 Å². The van der Waals surface area contributed by atoms with Crippen LogP contribution in [0.4, 0.5) is 0 Å². The van der Waals surface area contributed by atoms with Crippen LogP contribution in [0.3, 0.4) is 0 Å². The van der Waals surface area contributed by atoms with Gasteiger partial charge in [0.1, 0.15) is 5.82 Å². The second kappa shape index (κ2) is 5.64. The Labute approximate surface area is 132 Å². The van der Waals surface area contributed by atoms with E-state index in [4.69, 9.17) is 0 Å². The Morgan fingerprint density at radius 2 is 2.05 bits per heavy atom. The standard InChI is InChI=1S/C18H25N3O/c1-12-19-11-15-16(20-12)10-14-7-8-17(15)21(14)18(22)9-13-5-3-2-4-6-13/h11,13-14,17H,2-10H2,1H3. The van der Waals surface area contributed by atoms with Crippen molar-refractivity contribution in [1.82, 2.24) is 14.9 Å². The largest absolute Gasteiger partial charge is 0.332 e. The van der Waals surface area contributed by atoms with Crippen LogP contribution < -0.4 is 0 Å². The van der Waals surface area contributed by atoms with Gasteiger partial charge >= 0.3 is 0 Å². The molecule has 1 saturated carbocycles. The SMILES string of the molecule is Cc1ncc2c(n1)CC1CCC2N1C(=O)CC1CCCCC1. The van der Waals surface area contributed by atoms with E-state index in [-0.39, 0.29) is 6.04 Å². The van der Waals surface area contributed by atoms with Crippen molar-refractivity contribution in [3.8, 4) is 0 Å². The topological polar surface area (TPSA) is 46.1 Å². The molecule has 1 saturated heterocycles. The summed E-state index contributed by atoms with van der Waals surface area (Å²) in [6.45, 7) is 1.95. The van der Waals surface area contributed by atoms with Crippen molar-refractivity contribution in [2.24, 2.45) is 5.92 Å². The summed E-state index contributed by atoms with van der Waals surface area (Å²) in [5.41, 5.74) is 2.39. The van der Waals surface area contributed by atoms with Gasteiger partial charge in [0, 0.05) is 30.6 Å². The van der Waals surface area contributed by atoms with E-state index in [1.54, 1.807) is 0 Å². The fraction of sp³-hybridized carbons (Fsp3) is 0.722. The van der Waals surface area contributed by atoms with E-state index in [9.17, 15) is 4.79 Å². The number of hydrogen-bond acceptors (Lipinski definition) is 3. The molecule has 2 fully saturated rings. The Kier molecular flexibility index (Phi) is 3.63. The van der Waals surface area contributed by atoms with Crippen molar-refractivity contribution in [2.75, 3.05) is 0 Å². The van der Waals surface area contributed by atoms with Crippen LogP contribution in [0.15, 0.2) is 6.20 Å². The predicted octanol–water partition coefficient (Wildman–Crippen LogP) is 3.34. The maximum Gasteiger partial charge on any atom is 0.223 e. The first kappa shape index (κ1) is 14.2. The maximum absolute atomic E-state index is 12.9. The third-order valence-electron chi connectivity index (χ3n) is 5.79. The van der Waals surface area contributed by atoms with Crippen LogP contribution in [0.5, 0.6) is 0 Å². The van der Waals surface area contributed by atoms with Crippen molar-refractivity contribution in [1.29, 1.82) is 0 Å². The highest BCUT2D eigenvalue weighted by Gasteiger charge is 2.43. The molecule has 2 bridgehead atoms. The number of carbonyl (C=O) groups excluding carboxylic acids is 1. The fourth-order valence-corrected chi connectivity index (χ4v) is 4.70. The molecule has 0 N–H and O–H groups in total. The lowest BCUT2D eigenvalue weighted by atomic mass is 9.86. The van der Waals surface area contributed by atoms with Crippen LogP contribution >= 0.6 is 0 Å². The summed E-state index contributed by atoms with van der Waals surface area (Å²) in [4.78, 5) is 24.1. The van der Waals surface area contributed by atoms with Crippen molar-refractivity contribution >= 4 is 5.91 Å². The van der Waals surface area contributed by atoms with Gasteiger partial charge in [0.05, 0.1) is 11.7 Å². The van der Waals surface area contributed by atoms with Gasteiger partial charge in [-0.2, -0.15) is 0 Å². The molecule has 1 aromatic heterocycles. The van der Waals surface area contributed by atoms with Crippen LogP contribution in [0.2, 0.25) is 0 Å². The number of nitrogens with zero attached hydrogens (tertiary/aromatic N) is 3. The molecule has 4 rings (SSSR count). The lowest BCUT2D eigenvalue weighted by molar-refractivity contribution is -0.136. The lowest BCUT2D eigenvalue weighted by Crippen LogP contribution is -2.43. The third-order valence-corrected chi connectivity index (χ3v) is 5.79. The highest BCUT2D eigenvalue weighted by Crippen LogP contribution is 2.43. The van der Waals surface area contributed by atoms with Crippen molar-refractivity contribution in [3.05, 3.63) is 23.3 Å². The number of aryl methyl sites for hydroxylation is 1. The number of rotatable bonds is 2. The molecule has 0 spiro atoms. The Balaban J connectivity index is 1.53. The third kappa shape index (κ3) is 2.42. The molecular weight excluding hydrogens is 274 g/mol. The molecule has 0 aromatic carbocycles. The van der Waals surface area contributed by atoms with Crippen molar-refractivity contribution < 1.29 is 4.79 Å². The molecule has 22 heavy (non-hydrogen) atoms. The van der Waals surface area contributed by atoms with E-state index < -0.39 is 0 Å². The number of fused-ring (bicyclic) bond motifs is 4. The summed E-state index contributed by atoms with van der Waals surface area (Å²) in [5.74, 6) is 1.85. The fourth-order valence-electron chi connectivity index (χ4n) is 4.70. The van der Waals surface area contributed by atoms with Gasteiger partial charge in [-0.3, -0.25) is 4.79 Å². The van der Waals surface area contributed by atoms with E-state index in [1.165, 1.54) is 43.4 Å². The van der Waals surface area contributed by atoms with E-state index in [1.807, 2.05) is 13.1 Å². The molecular formula is C18H25N3O. The van der Waals surface area contributed by atoms with Crippen molar-refractivity contribution in [3.63, 3.8) is 0 Å². The van der Waals surface area contributed by atoms with Gasteiger partial charge in [0.2, 0.25) is 5.91 Å². The smallest absolute Gasteiger partial charge is 0.223 e. The second-order valence-corrected chi connectivity index (χ2v) is 7.28. The minimum atomic E-state index is 0.241. The molecule has 2 atom stereocenters. The van der Waals surface area contributed by atoms with Gasteiger partial charge in [-0.05, 0) is 38.5 Å². The zero-order valence-electron chi connectivity index (χ0n) is 13.4. The summed E-state index contributed by atoms with van der Waals surface area (Å²) in [6, 6.07) is 0.619. The maximum atomic E-state index is 12.9. The first-order valence-corrected chi connectivity index (χ1v) is 8.86. The van der Waals surface area contributed by atoms with Gasteiger partial charge in [0.15, 0.2) is 0 Å². The highest BCUT2D eigenvalue weighted by atomic mass is 16.2. The average Bonchev–Trinajstić information content (AvgIpc) is 2.84. The minimum Gasteiger partial charge on any atom is -0.332 e. The summed E-state index contributed by atoms with van der Waals surface area (Å²) in [5, 5.41) is 0. The van der Waals surface area contributed by atoms with Crippen LogP contribution in [0.25, 0.3) is 0 Å². The first-order valence-electron chi connectivity index (χ1n) is 8.86. The zero-order valence-corrected chi connectivity index (χ0v) is 13.4. The van der Waals surface area contributed by atoms with Crippen LogP contribution in [-0.4, -0.2) is 26.8 Å². The van der Waals surface area contributed by atoms with E-state index >= 15 is 0 Å². The summed E-state index contributed by atoms with van der Waals surface area (Å²) in [7, 11) is 0. The Bertz CT molecular complexity index is 580. The quantitative estimate of drug-likeness (QED) is 0.841. The molecule has 118 valence electrons.